The molecule has 236 valence electrons. The van der Waals surface area contributed by atoms with Gasteiger partial charge in [0.1, 0.15) is 0 Å². The maximum Gasteiger partial charge on any atom is 0.0988 e. The van der Waals surface area contributed by atoms with Gasteiger partial charge in [0.25, 0.3) is 0 Å². The van der Waals surface area contributed by atoms with Gasteiger partial charge in [-0.1, -0.05) is 113 Å². The van der Waals surface area contributed by atoms with Crippen LogP contribution in [0.3, 0.4) is 0 Å². The molecule has 0 radical (unpaired) electrons. The SMILES string of the molecule is CCCCCCc1ccc(-c2nc3c(-c4ccc(C)s4)ccc(-c4ccc(C)s4)c3nc2-c2ccc(CCCCCC)cc2)cc1. The fraction of sp³-hybridized carbons (Fsp3) is 0.333. The summed E-state index contributed by atoms with van der Waals surface area (Å²) in [6.45, 7) is 8.89. The first-order valence-electron chi connectivity index (χ1n) is 17.2. The van der Waals surface area contributed by atoms with E-state index in [0.717, 1.165) is 57.5 Å². The molecule has 3 aromatic carbocycles. The highest BCUT2D eigenvalue weighted by Crippen LogP contribution is 2.41. The van der Waals surface area contributed by atoms with E-state index >= 15 is 0 Å². The predicted octanol–water partition coefficient (Wildman–Crippen LogP) is 13.3. The summed E-state index contributed by atoms with van der Waals surface area (Å²) in [4.78, 5) is 16.2. The van der Waals surface area contributed by atoms with Gasteiger partial charge < -0.3 is 0 Å². The third-order valence-corrected chi connectivity index (χ3v) is 11.0. The first kappa shape index (κ1) is 32.3. The molecule has 2 nitrogen and oxygen atoms in total. The van der Waals surface area contributed by atoms with Gasteiger partial charge in [-0.05, 0) is 74.9 Å². The Kier molecular flexibility index (Phi) is 10.8. The Labute approximate surface area is 283 Å². The fourth-order valence-corrected chi connectivity index (χ4v) is 8.05. The molecule has 0 aliphatic heterocycles. The molecule has 6 rings (SSSR count). The predicted molar refractivity (Wildman–Crippen MR) is 202 cm³/mol. The number of nitrogens with zero attached hydrogens (tertiary/aromatic N) is 2. The molecule has 0 bridgehead atoms. The lowest BCUT2D eigenvalue weighted by Crippen LogP contribution is -1.99. The minimum Gasteiger partial charge on any atom is -0.243 e. The molecule has 6 aromatic rings. The molecule has 0 saturated heterocycles. The lowest BCUT2D eigenvalue weighted by molar-refractivity contribution is 0.667. The molecule has 0 unspecified atom stereocenters. The second-order valence-electron chi connectivity index (χ2n) is 12.6. The summed E-state index contributed by atoms with van der Waals surface area (Å²) in [6, 6.07) is 31.6. The van der Waals surface area contributed by atoms with Crippen LogP contribution in [0.5, 0.6) is 0 Å². The molecule has 0 saturated carbocycles. The Hall–Kier alpha value is -3.60. The summed E-state index contributed by atoms with van der Waals surface area (Å²) >= 11 is 3.64. The van der Waals surface area contributed by atoms with Gasteiger partial charge in [-0.2, -0.15) is 0 Å². The number of aryl methyl sites for hydroxylation is 4. The van der Waals surface area contributed by atoms with E-state index in [9.17, 15) is 0 Å². The van der Waals surface area contributed by atoms with E-state index in [2.05, 4.69) is 113 Å². The first-order chi connectivity index (χ1) is 22.5. The van der Waals surface area contributed by atoms with Crippen LogP contribution in [0.1, 0.15) is 86.1 Å². The van der Waals surface area contributed by atoms with Crippen LogP contribution in [0.25, 0.3) is 54.4 Å². The maximum atomic E-state index is 5.56. The summed E-state index contributed by atoms with van der Waals surface area (Å²) in [7, 11) is 0. The second kappa shape index (κ2) is 15.3. The van der Waals surface area contributed by atoms with Crippen LogP contribution >= 0.6 is 22.7 Å². The Morgan fingerprint density at radius 1 is 0.457 bits per heavy atom. The maximum absolute atomic E-state index is 5.56. The smallest absolute Gasteiger partial charge is 0.0988 e. The number of benzene rings is 3. The summed E-state index contributed by atoms with van der Waals surface area (Å²) in [6.07, 6.45) is 12.5. The molecular weight excluding hydrogens is 597 g/mol. The van der Waals surface area contributed by atoms with Crippen LogP contribution < -0.4 is 0 Å². The van der Waals surface area contributed by atoms with Gasteiger partial charge in [-0.15, -0.1) is 22.7 Å². The zero-order valence-corrected chi connectivity index (χ0v) is 29.5. The zero-order chi connectivity index (χ0) is 31.9. The Bertz CT molecular complexity index is 1740. The van der Waals surface area contributed by atoms with Crippen molar-refractivity contribution in [2.45, 2.75) is 91.9 Å². The number of rotatable bonds is 14. The van der Waals surface area contributed by atoms with Crippen LogP contribution in [0.4, 0.5) is 0 Å². The van der Waals surface area contributed by atoms with E-state index in [0.29, 0.717) is 0 Å². The molecule has 0 aliphatic rings. The van der Waals surface area contributed by atoms with Crippen molar-refractivity contribution in [3.05, 3.63) is 106 Å². The summed E-state index contributed by atoms with van der Waals surface area (Å²) in [5, 5.41) is 0. The molecule has 0 spiro atoms. The minimum absolute atomic E-state index is 0.953. The van der Waals surface area contributed by atoms with Crippen LogP contribution in [0, 0.1) is 13.8 Å². The highest BCUT2D eigenvalue weighted by molar-refractivity contribution is 7.16. The zero-order valence-electron chi connectivity index (χ0n) is 27.9. The second-order valence-corrected chi connectivity index (χ2v) is 15.2. The van der Waals surface area contributed by atoms with Crippen LogP contribution in [0.15, 0.2) is 84.9 Å². The lowest BCUT2D eigenvalue weighted by Gasteiger charge is -2.15. The highest BCUT2D eigenvalue weighted by atomic mass is 32.1. The van der Waals surface area contributed by atoms with Crippen LogP contribution in [-0.2, 0) is 12.8 Å². The van der Waals surface area contributed by atoms with Gasteiger partial charge in [0.2, 0.25) is 0 Å². The van der Waals surface area contributed by atoms with Crippen molar-refractivity contribution in [1.29, 1.82) is 0 Å². The minimum atomic E-state index is 0.953. The average molecular weight is 643 g/mol. The molecule has 0 N–H and O–H groups in total. The van der Waals surface area contributed by atoms with Crippen molar-refractivity contribution in [2.75, 3.05) is 0 Å². The van der Waals surface area contributed by atoms with E-state index in [-0.39, 0.29) is 0 Å². The van der Waals surface area contributed by atoms with Crippen molar-refractivity contribution < 1.29 is 0 Å². The molecule has 0 atom stereocenters. The van der Waals surface area contributed by atoms with E-state index < -0.39 is 0 Å². The van der Waals surface area contributed by atoms with Crippen LogP contribution in [0.2, 0.25) is 0 Å². The van der Waals surface area contributed by atoms with Crippen molar-refractivity contribution in [3.63, 3.8) is 0 Å². The number of unbranched alkanes of at least 4 members (excludes halogenated alkanes) is 6. The quantitative estimate of drug-likeness (QED) is 0.110. The molecule has 0 fully saturated rings. The number of aromatic nitrogens is 2. The topological polar surface area (TPSA) is 25.8 Å². The summed E-state index contributed by atoms with van der Waals surface area (Å²) < 4.78 is 0. The molecule has 4 heteroatoms. The fourth-order valence-electron chi connectivity index (χ4n) is 6.26. The van der Waals surface area contributed by atoms with Gasteiger partial charge in [0, 0.05) is 41.8 Å². The standard InChI is InChI=1S/C42H46N2S2/c1-5-7-9-11-13-31-17-21-33(22-18-31)39-40(34-23-19-32(20-24-34)14-12-10-8-6-2)44-42-36(38-28-16-30(4)46-38)26-25-35(41(42)43-39)37-27-15-29(3)45-37/h15-28H,5-14H2,1-4H3. The normalized spacial score (nSPS) is 11.5. The Morgan fingerprint density at radius 3 is 1.22 bits per heavy atom. The Morgan fingerprint density at radius 2 is 0.870 bits per heavy atom. The van der Waals surface area contributed by atoms with Crippen molar-refractivity contribution in [2.24, 2.45) is 0 Å². The Balaban J connectivity index is 1.49. The molecular formula is C42H46N2S2. The lowest BCUT2D eigenvalue weighted by atomic mass is 9.98. The molecule has 0 aliphatic carbocycles. The number of hydrogen-bond donors (Lipinski definition) is 0. The third kappa shape index (κ3) is 7.51. The average Bonchev–Trinajstić information content (AvgIpc) is 3.72. The first-order valence-corrected chi connectivity index (χ1v) is 18.8. The largest absolute Gasteiger partial charge is 0.243 e. The van der Waals surface area contributed by atoms with Crippen molar-refractivity contribution >= 4 is 33.7 Å². The van der Waals surface area contributed by atoms with Gasteiger partial charge in [-0.25, -0.2) is 9.97 Å². The molecule has 3 aromatic heterocycles. The molecule has 46 heavy (non-hydrogen) atoms. The van der Waals surface area contributed by atoms with E-state index in [1.807, 2.05) is 22.7 Å². The third-order valence-electron chi connectivity index (χ3n) is 8.93. The molecule has 0 amide bonds. The highest BCUT2D eigenvalue weighted by Gasteiger charge is 2.20. The van der Waals surface area contributed by atoms with E-state index in [4.69, 9.17) is 9.97 Å². The van der Waals surface area contributed by atoms with Gasteiger partial charge in [0.15, 0.2) is 0 Å². The van der Waals surface area contributed by atoms with Gasteiger partial charge >= 0.3 is 0 Å². The summed E-state index contributed by atoms with van der Waals surface area (Å²) in [5.74, 6) is 0. The van der Waals surface area contributed by atoms with Crippen molar-refractivity contribution in [3.8, 4) is 43.4 Å². The summed E-state index contributed by atoms with van der Waals surface area (Å²) in [5.41, 5.74) is 11.2. The van der Waals surface area contributed by atoms with E-state index in [1.54, 1.807) is 0 Å². The molecule has 3 heterocycles. The van der Waals surface area contributed by atoms with Crippen LogP contribution in [-0.4, -0.2) is 9.97 Å². The van der Waals surface area contributed by atoms with E-state index in [1.165, 1.54) is 82.0 Å². The number of thiophene rings is 2. The number of fused-ring (bicyclic) bond motifs is 1. The number of hydrogen-bond acceptors (Lipinski definition) is 4. The monoisotopic (exact) mass is 642 g/mol. The van der Waals surface area contributed by atoms with Crippen molar-refractivity contribution in [1.82, 2.24) is 9.97 Å². The van der Waals surface area contributed by atoms with Gasteiger partial charge in [0.05, 0.1) is 22.4 Å². The van der Waals surface area contributed by atoms with Gasteiger partial charge in [-0.3, -0.25) is 0 Å².